The van der Waals surface area contributed by atoms with Gasteiger partial charge in [-0.25, -0.2) is 0 Å². The fourth-order valence-electron chi connectivity index (χ4n) is 2.64. The topological polar surface area (TPSA) is 45.0 Å². The van der Waals surface area contributed by atoms with Gasteiger partial charge in [0.1, 0.15) is 0 Å². The van der Waals surface area contributed by atoms with Gasteiger partial charge in [0, 0.05) is 6.04 Å². The van der Waals surface area contributed by atoms with Crippen LogP contribution in [-0.4, -0.2) is 18.8 Å². The Morgan fingerprint density at radius 1 is 1.29 bits per heavy atom. The lowest BCUT2D eigenvalue weighted by molar-refractivity contribution is 0.0211. The molecule has 1 saturated carbocycles. The molecule has 1 aliphatic rings. The number of nitrogens with one attached hydrogen (secondary N) is 1. The van der Waals surface area contributed by atoms with Crippen molar-refractivity contribution in [3.8, 4) is 6.07 Å². The second kappa shape index (κ2) is 7.06. The van der Waals surface area contributed by atoms with Crippen LogP contribution in [0.3, 0.4) is 0 Å². The molecule has 114 valence electrons. The van der Waals surface area contributed by atoms with Crippen LogP contribution in [0.15, 0.2) is 30.3 Å². The van der Waals surface area contributed by atoms with Crippen LogP contribution in [0.1, 0.15) is 45.6 Å². The SMILES string of the molecule is CC(C)CC(C)OCC(C#N)(NC1CC1)c1ccccc1. The molecule has 21 heavy (non-hydrogen) atoms. The monoisotopic (exact) mass is 286 g/mol. The first-order chi connectivity index (χ1) is 10.1. The van der Waals surface area contributed by atoms with Crippen LogP contribution in [0.4, 0.5) is 0 Å². The molecule has 1 N–H and O–H groups in total. The van der Waals surface area contributed by atoms with E-state index in [2.05, 4.69) is 32.2 Å². The maximum Gasteiger partial charge on any atom is 0.156 e. The third kappa shape index (κ3) is 4.56. The minimum Gasteiger partial charge on any atom is -0.375 e. The van der Waals surface area contributed by atoms with Gasteiger partial charge in [-0.05, 0) is 37.7 Å². The van der Waals surface area contributed by atoms with Crippen molar-refractivity contribution in [2.45, 2.75) is 57.7 Å². The average Bonchev–Trinajstić information content (AvgIpc) is 3.27. The molecular formula is C18H26N2O. The molecule has 2 atom stereocenters. The molecule has 0 amide bonds. The molecule has 1 aromatic carbocycles. The molecule has 2 unspecified atom stereocenters. The van der Waals surface area contributed by atoms with E-state index in [0.717, 1.165) is 24.8 Å². The molecule has 2 rings (SSSR count). The molecule has 0 aliphatic heterocycles. The Hall–Kier alpha value is -1.37. The number of nitriles is 1. The lowest BCUT2D eigenvalue weighted by Crippen LogP contribution is -2.47. The molecule has 0 radical (unpaired) electrons. The lowest BCUT2D eigenvalue weighted by Gasteiger charge is -2.30. The van der Waals surface area contributed by atoms with Crippen molar-refractivity contribution >= 4 is 0 Å². The maximum absolute atomic E-state index is 9.81. The Balaban J connectivity index is 2.10. The van der Waals surface area contributed by atoms with E-state index >= 15 is 0 Å². The van der Waals surface area contributed by atoms with E-state index in [-0.39, 0.29) is 6.10 Å². The summed E-state index contributed by atoms with van der Waals surface area (Å²) in [6.07, 6.45) is 3.48. The molecule has 0 aromatic heterocycles. The summed E-state index contributed by atoms with van der Waals surface area (Å²) in [5, 5.41) is 13.3. The van der Waals surface area contributed by atoms with Crippen molar-refractivity contribution in [2.75, 3.05) is 6.61 Å². The Labute approximate surface area is 128 Å². The Kier molecular flexibility index (Phi) is 5.39. The fraction of sp³-hybridized carbons (Fsp3) is 0.611. The van der Waals surface area contributed by atoms with E-state index in [1.807, 2.05) is 30.3 Å². The normalized spacial score (nSPS) is 19.0. The van der Waals surface area contributed by atoms with Crippen LogP contribution in [0, 0.1) is 17.2 Å². The summed E-state index contributed by atoms with van der Waals surface area (Å²) in [5.74, 6) is 0.601. The second-order valence-electron chi connectivity index (χ2n) is 6.55. The van der Waals surface area contributed by atoms with Gasteiger partial charge in [-0.2, -0.15) is 5.26 Å². The third-order valence-corrected chi connectivity index (χ3v) is 3.87. The van der Waals surface area contributed by atoms with E-state index in [9.17, 15) is 5.26 Å². The number of hydrogen-bond donors (Lipinski definition) is 1. The minimum absolute atomic E-state index is 0.169. The molecule has 0 spiro atoms. The fourth-order valence-corrected chi connectivity index (χ4v) is 2.64. The van der Waals surface area contributed by atoms with E-state index in [1.165, 1.54) is 0 Å². The first kappa shape index (κ1) is 16.0. The highest BCUT2D eigenvalue weighted by Gasteiger charge is 2.38. The van der Waals surface area contributed by atoms with Crippen LogP contribution in [-0.2, 0) is 10.3 Å². The molecular weight excluding hydrogens is 260 g/mol. The van der Waals surface area contributed by atoms with Crippen molar-refractivity contribution in [1.29, 1.82) is 5.26 Å². The van der Waals surface area contributed by atoms with E-state index in [0.29, 0.717) is 18.6 Å². The number of benzene rings is 1. The van der Waals surface area contributed by atoms with Crippen molar-refractivity contribution in [3.05, 3.63) is 35.9 Å². The van der Waals surface area contributed by atoms with Gasteiger partial charge in [-0.1, -0.05) is 44.2 Å². The Morgan fingerprint density at radius 3 is 2.48 bits per heavy atom. The van der Waals surface area contributed by atoms with Gasteiger partial charge >= 0.3 is 0 Å². The first-order valence-electron chi connectivity index (χ1n) is 7.92. The van der Waals surface area contributed by atoms with E-state index in [4.69, 9.17) is 4.74 Å². The summed E-state index contributed by atoms with van der Waals surface area (Å²) in [7, 11) is 0. The summed E-state index contributed by atoms with van der Waals surface area (Å²) in [6.45, 7) is 6.87. The van der Waals surface area contributed by atoms with Gasteiger partial charge in [-0.15, -0.1) is 0 Å². The summed E-state index contributed by atoms with van der Waals surface area (Å²) in [4.78, 5) is 0. The third-order valence-electron chi connectivity index (χ3n) is 3.87. The van der Waals surface area contributed by atoms with Gasteiger partial charge in [0.25, 0.3) is 0 Å². The zero-order valence-corrected chi connectivity index (χ0v) is 13.3. The van der Waals surface area contributed by atoms with Gasteiger partial charge in [-0.3, -0.25) is 5.32 Å². The van der Waals surface area contributed by atoms with Gasteiger partial charge in [0.05, 0.1) is 18.8 Å². The van der Waals surface area contributed by atoms with Crippen molar-refractivity contribution in [3.63, 3.8) is 0 Å². The second-order valence-corrected chi connectivity index (χ2v) is 6.55. The number of nitrogens with zero attached hydrogens (tertiary/aromatic N) is 1. The van der Waals surface area contributed by atoms with Gasteiger partial charge < -0.3 is 4.74 Å². The van der Waals surface area contributed by atoms with Gasteiger partial charge in [0.15, 0.2) is 5.54 Å². The number of hydrogen-bond acceptors (Lipinski definition) is 3. The maximum atomic E-state index is 9.81. The summed E-state index contributed by atoms with van der Waals surface area (Å²) >= 11 is 0. The molecule has 0 bridgehead atoms. The highest BCUT2D eigenvalue weighted by molar-refractivity contribution is 5.32. The predicted octanol–water partition coefficient (Wildman–Crippen LogP) is 3.61. The zero-order valence-electron chi connectivity index (χ0n) is 13.3. The van der Waals surface area contributed by atoms with Crippen LogP contribution >= 0.6 is 0 Å². The van der Waals surface area contributed by atoms with Crippen LogP contribution in [0.2, 0.25) is 0 Å². The smallest absolute Gasteiger partial charge is 0.156 e. The lowest BCUT2D eigenvalue weighted by atomic mass is 9.92. The standard InChI is InChI=1S/C18H26N2O/c1-14(2)11-15(3)21-13-18(12-19,20-17-9-10-17)16-7-5-4-6-8-16/h4-8,14-15,17,20H,9-11,13H2,1-3H3. The highest BCUT2D eigenvalue weighted by Crippen LogP contribution is 2.29. The minimum atomic E-state index is -0.729. The largest absolute Gasteiger partial charge is 0.375 e. The summed E-state index contributed by atoms with van der Waals surface area (Å²) in [6, 6.07) is 12.9. The van der Waals surface area contributed by atoms with Crippen molar-refractivity contribution in [2.24, 2.45) is 5.92 Å². The van der Waals surface area contributed by atoms with Crippen molar-refractivity contribution in [1.82, 2.24) is 5.32 Å². The number of ether oxygens (including phenoxy) is 1. The molecule has 3 heteroatoms. The van der Waals surface area contributed by atoms with Crippen LogP contribution in [0.25, 0.3) is 0 Å². The summed E-state index contributed by atoms with van der Waals surface area (Å²) < 4.78 is 6.01. The summed E-state index contributed by atoms with van der Waals surface area (Å²) in [5.41, 5.74) is 0.268. The predicted molar refractivity (Wildman–Crippen MR) is 84.8 cm³/mol. The van der Waals surface area contributed by atoms with Crippen LogP contribution < -0.4 is 5.32 Å². The number of rotatable bonds is 8. The Morgan fingerprint density at radius 2 is 1.95 bits per heavy atom. The molecule has 3 nitrogen and oxygen atoms in total. The zero-order chi connectivity index (χ0) is 15.3. The van der Waals surface area contributed by atoms with Gasteiger partial charge in [0.2, 0.25) is 0 Å². The molecule has 1 fully saturated rings. The van der Waals surface area contributed by atoms with E-state index in [1.54, 1.807) is 0 Å². The molecule has 0 saturated heterocycles. The molecule has 1 aliphatic carbocycles. The highest BCUT2D eigenvalue weighted by atomic mass is 16.5. The Bertz CT molecular complexity index is 476. The molecule has 0 heterocycles. The molecule has 1 aromatic rings. The van der Waals surface area contributed by atoms with Crippen LogP contribution in [0.5, 0.6) is 0 Å². The first-order valence-corrected chi connectivity index (χ1v) is 7.92. The average molecular weight is 286 g/mol. The van der Waals surface area contributed by atoms with E-state index < -0.39 is 5.54 Å². The van der Waals surface area contributed by atoms with Crippen molar-refractivity contribution < 1.29 is 4.74 Å². The quantitative estimate of drug-likeness (QED) is 0.794.